The van der Waals surface area contributed by atoms with Crippen molar-refractivity contribution in [1.82, 2.24) is 4.90 Å². The first-order valence-electron chi connectivity index (χ1n) is 3.41. The third kappa shape index (κ3) is 1.83. The van der Waals surface area contributed by atoms with Crippen molar-refractivity contribution in [3.63, 3.8) is 0 Å². The summed E-state index contributed by atoms with van der Waals surface area (Å²) in [5, 5.41) is 0. The fourth-order valence-corrected chi connectivity index (χ4v) is 0.955. The first kappa shape index (κ1) is 7.85. The topological polar surface area (TPSA) is 29.5 Å². The Morgan fingerprint density at radius 3 is 3.00 bits per heavy atom. The number of hydrogen-bond donors (Lipinski definition) is 0. The molecule has 0 unspecified atom stereocenters. The van der Waals surface area contributed by atoms with E-state index in [1.165, 1.54) is 7.11 Å². The highest BCUT2D eigenvalue weighted by Gasteiger charge is 2.10. The van der Waals surface area contributed by atoms with Gasteiger partial charge in [-0.3, -0.25) is 0 Å². The van der Waals surface area contributed by atoms with Crippen LogP contribution in [-0.4, -0.2) is 25.0 Å². The summed E-state index contributed by atoms with van der Waals surface area (Å²) in [5.41, 5.74) is 0.692. The van der Waals surface area contributed by atoms with Crippen molar-refractivity contribution in [2.75, 3.05) is 14.2 Å². The van der Waals surface area contributed by atoms with Crippen molar-refractivity contribution in [3.8, 4) is 0 Å². The molecule has 0 aromatic carbocycles. The van der Waals surface area contributed by atoms with Gasteiger partial charge >= 0.3 is 5.97 Å². The van der Waals surface area contributed by atoms with E-state index in [4.69, 9.17) is 0 Å². The van der Waals surface area contributed by atoms with Gasteiger partial charge in [-0.1, -0.05) is 6.08 Å². The summed E-state index contributed by atoms with van der Waals surface area (Å²) < 4.78 is 4.57. The predicted octanol–water partition coefficient (Wildman–Crippen LogP) is 0.892. The largest absolute Gasteiger partial charge is 0.466 e. The maximum Gasteiger partial charge on any atom is 0.335 e. The second kappa shape index (κ2) is 3.23. The number of ether oxygens (including phenoxy) is 1. The summed E-state index contributed by atoms with van der Waals surface area (Å²) in [6, 6.07) is 0. The highest BCUT2D eigenvalue weighted by atomic mass is 16.5. The Labute approximate surface area is 65.9 Å². The average Bonchev–Trinajstić information content (AvgIpc) is 2.03. The first-order valence-corrected chi connectivity index (χ1v) is 3.41. The molecular formula is C8H11NO2. The van der Waals surface area contributed by atoms with Crippen molar-refractivity contribution >= 4 is 5.97 Å². The van der Waals surface area contributed by atoms with E-state index < -0.39 is 0 Å². The molecule has 3 heteroatoms. The van der Waals surface area contributed by atoms with E-state index in [1.807, 2.05) is 24.2 Å². The van der Waals surface area contributed by atoms with Crippen molar-refractivity contribution in [2.24, 2.45) is 0 Å². The number of allylic oxidation sites excluding steroid dienone is 1. The highest BCUT2D eigenvalue weighted by Crippen LogP contribution is 2.11. The van der Waals surface area contributed by atoms with Crippen LogP contribution in [0.25, 0.3) is 0 Å². The summed E-state index contributed by atoms with van der Waals surface area (Å²) in [4.78, 5) is 12.8. The minimum Gasteiger partial charge on any atom is -0.466 e. The molecule has 0 bridgehead atoms. The van der Waals surface area contributed by atoms with Crippen LogP contribution in [0.3, 0.4) is 0 Å². The SMILES string of the molecule is COC(=O)C1=CN(C)C=CC1. The number of nitrogens with zero attached hydrogens (tertiary/aromatic N) is 1. The van der Waals surface area contributed by atoms with Gasteiger partial charge in [-0.2, -0.15) is 0 Å². The van der Waals surface area contributed by atoms with Crippen LogP contribution in [0.5, 0.6) is 0 Å². The normalized spacial score (nSPS) is 16.2. The zero-order valence-corrected chi connectivity index (χ0v) is 6.70. The van der Waals surface area contributed by atoms with Crippen molar-refractivity contribution in [2.45, 2.75) is 6.42 Å². The fourth-order valence-electron chi connectivity index (χ4n) is 0.955. The van der Waals surface area contributed by atoms with Crippen LogP contribution in [0.4, 0.5) is 0 Å². The Bertz CT molecular complexity index is 218. The second-order valence-electron chi connectivity index (χ2n) is 2.40. The molecule has 0 atom stereocenters. The van der Waals surface area contributed by atoms with Crippen LogP contribution in [0, 0.1) is 0 Å². The van der Waals surface area contributed by atoms with Crippen molar-refractivity contribution in [1.29, 1.82) is 0 Å². The first-order chi connectivity index (χ1) is 5.24. The van der Waals surface area contributed by atoms with Gasteiger partial charge in [0.25, 0.3) is 0 Å². The van der Waals surface area contributed by atoms with Crippen molar-refractivity contribution in [3.05, 3.63) is 24.0 Å². The maximum absolute atomic E-state index is 11.0. The molecular weight excluding hydrogens is 142 g/mol. The van der Waals surface area contributed by atoms with Crippen LogP contribution in [0.15, 0.2) is 24.0 Å². The summed E-state index contributed by atoms with van der Waals surface area (Å²) in [5.74, 6) is -0.249. The van der Waals surface area contributed by atoms with Crippen LogP contribution in [0.1, 0.15) is 6.42 Å². The maximum atomic E-state index is 11.0. The van der Waals surface area contributed by atoms with Gasteiger partial charge < -0.3 is 9.64 Å². The lowest BCUT2D eigenvalue weighted by atomic mass is 10.1. The Morgan fingerprint density at radius 1 is 1.73 bits per heavy atom. The number of methoxy groups -OCH3 is 1. The van der Waals surface area contributed by atoms with E-state index in [2.05, 4.69) is 4.74 Å². The fraction of sp³-hybridized carbons (Fsp3) is 0.375. The summed E-state index contributed by atoms with van der Waals surface area (Å²) in [6.45, 7) is 0. The van der Waals surface area contributed by atoms with Crippen molar-refractivity contribution < 1.29 is 9.53 Å². The molecule has 0 aromatic heterocycles. The molecule has 1 aliphatic heterocycles. The molecule has 0 aromatic rings. The molecule has 1 rings (SSSR count). The predicted molar refractivity (Wildman–Crippen MR) is 41.6 cm³/mol. The van der Waals surface area contributed by atoms with Crippen LogP contribution in [0.2, 0.25) is 0 Å². The average molecular weight is 153 g/mol. The monoisotopic (exact) mass is 153 g/mol. The smallest absolute Gasteiger partial charge is 0.335 e. The van der Waals surface area contributed by atoms with E-state index in [0.717, 1.165) is 0 Å². The minimum absolute atomic E-state index is 0.249. The molecule has 11 heavy (non-hydrogen) atoms. The van der Waals surface area contributed by atoms with Gasteiger partial charge in [0.15, 0.2) is 0 Å². The number of esters is 1. The standard InChI is InChI=1S/C8H11NO2/c1-9-5-3-4-7(6-9)8(10)11-2/h3,5-6H,4H2,1-2H3. The molecule has 1 heterocycles. The lowest BCUT2D eigenvalue weighted by Gasteiger charge is -2.14. The number of carbonyl (C=O) groups is 1. The quantitative estimate of drug-likeness (QED) is 0.524. The van der Waals surface area contributed by atoms with Gasteiger partial charge in [-0.15, -0.1) is 0 Å². The molecule has 3 nitrogen and oxygen atoms in total. The molecule has 60 valence electrons. The Kier molecular flexibility index (Phi) is 2.31. The second-order valence-corrected chi connectivity index (χ2v) is 2.40. The zero-order valence-electron chi connectivity index (χ0n) is 6.70. The molecule has 0 N–H and O–H groups in total. The van der Waals surface area contributed by atoms with Gasteiger partial charge in [0.1, 0.15) is 0 Å². The molecule has 1 aliphatic rings. The Morgan fingerprint density at radius 2 is 2.45 bits per heavy atom. The molecule has 0 amide bonds. The van der Waals surface area contributed by atoms with E-state index in [9.17, 15) is 4.79 Å². The van der Waals surface area contributed by atoms with Gasteiger partial charge in [0.2, 0.25) is 0 Å². The van der Waals surface area contributed by atoms with Crippen LogP contribution >= 0.6 is 0 Å². The van der Waals surface area contributed by atoms with E-state index >= 15 is 0 Å². The molecule has 0 aliphatic carbocycles. The number of hydrogen-bond acceptors (Lipinski definition) is 3. The van der Waals surface area contributed by atoms with Gasteiger partial charge in [0.05, 0.1) is 12.7 Å². The Balaban J connectivity index is 2.66. The number of rotatable bonds is 1. The highest BCUT2D eigenvalue weighted by molar-refractivity contribution is 5.88. The van der Waals surface area contributed by atoms with Crippen LogP contribution < -0.4 is 0 Å². The Hall–Kier alpha value is -1.25. The van der Waals surface area contributed by atoms with Gasteiger partial charge in [-0.05, 0) is 6.20 Å². The summed E-state index contributed by atoms with van der Waals surface area (Å²) in [7, 11) is 3.26. The lowest BCUT2D eigenvalue weighted by molar-refractivity contribution is -0.136. The lowest BCUT2D eigenvalue weighted by Crippen LogP contribution is -2.12. The molecule has 0 radical (unpaired) electrons. The molecule has 0 fully saturated rings. The van der Waals surface area contributed by atoms with E-state index in [1.54, 1.807) is 6.20 Å². The summed E-state index contributed by atoms with van der Waals surface area (Å²) in [6.07, 6.45) is 6.27. The minimum atomic E-state index is -0.249. The zero-order chi connectivity index (χ0) is 8.27. The van der Waals surface area contributed by atoms with E-state index in [0.29, 0.717) is 12.0 Å². The van der Waals surface area contributed by atoms with E-state index in [-0.39, 0.29) is 5.97 Å². The third-order valence-electron chi connectivity index (χ3n) is 1.49. The van der Waals surface area contributed by atoms with Crippen LogP contribution in [-0.2, 0) is 9.53 Å². The summed E-state index contributed by atoms with van der Waals surface area (Å²) >= 11 is 0. The number of carbonyl (C=O) groups excluding carboxylic acids is 1. The molecule has 0 spiro atoms. The molecule has 0 saturated heterocycles. The van der Waals surface area contributed by atoms with Gasteiger partial charge in [-0.25, -0.2) is 4.79 Å². The van der Waals surface area contributed by atoms with Gasteiger partial charge in [0, 0.05) is 19.7 Å². The third-order valence-corrected chi connectivity index (χ3v) is 1.49. The molecule has 0 saturated carbocycles.